The summed E-state index contributed by atoms with van der Waals surface area (Å²) < 4.78 is 2.55. The van der Waals surface area contributed by atoms with E-state index in [2.05, 4.69) is 193 Å². The van der Waals surface area contributed by atoms with Crippen molar-refractivity contribution in [2.45, 2.75) is 0 Å². The van der Waals surface area contributed by atoms with Crippen molar-refractivity contribution in [3.8, 4) is 27.9 Å². The summed E-state index contributed by atoms with van der Waals surface area (Å²) in [6.07, 6.45) is 0. The Kier molecular flexibility index (Phi) is 6.02. The highest BCUT2D eigenvalue weighted by Gasteiger charge is 2.21. The molecule has 1 heteroatoms. The normalized spacial score (nSPS) is 11.9. The highest BCUT2D eigenvalue weighted by molar-refractivity contribution is 6.26. The lowest BCUT2D eigenvalue weighted by Crippen LogP contribution is -1.97. The molecule has 0 spiro atoms. The van der Waals surface area contributed by atoms with Gasteiger partial charge in [0.05, 0.1) is 16.7 Å². The third-order valence-electron chi connectivity index (χ3n) is 10.9. The van der Waals surface area contributed by atoms with Gasteiger partial charge in [-0.1, -0.05) is 182 Å². The molecule has 1 nitrogen and oxygen atoms in total. The number of fused-ring (bicyclic) bond motifs is 10. The van der Waals surface area contributed by atoms with Gasteiger partial charge in [0.25, 0.3) is 0 Å². The number of hydrogen-bond acceptors (Lipinski definition) is 0. The summed E-state index contributed by atoms with van der Waals surface area (Å²) in [6, 6.07) is 69.3. The molecule has 10 aromatic carbocycles. The Hall–Kier alpha value is -6.70. The fraction of sp³-hybridized carbons (Fsp3) is 0. The predicted molar refractivity (Wildman–Crippen MR) is 219 cm³/mol. The van der Waals surface area contributed by atoms with E-state index in [0.717, 1.165) is 0 Å². The van der Waals surface area contributed by atoms with Crippen LogP contribution in [0.2, 0.25) is 0 Å². The lowest BCUT2D eigenvalue weighted by Gasteiger charge is -2.20. The molecule has 1 heterocycles. The largest absolute Gasteiger partial charge is 0.307 e. The van der Waals surface area contributed by atoms with Gasteiger partial charge in [-0.3, -0.25) is 0 Å². The summed E-state index contributed by atoms with van der Waals surface area (Å²) in [5, 5.41) is 15.1. The zero-order chi connectivity index (χ0) is 33.5. The SMILES string of the molecule is c1ccc(-c2c3ccccc3c(-c3cccc4c(-n5c6c7ccccc7ccc6c6ccc7ccccc7c65)cccc34)c3ccccc23)cc1. The van der Waals surface area contributed by atoms with Crippen LogP contribution in [0.3, 0.4) is 0 Å². The maximum absolute atomic E-state index is 2.55. The van der Waals surface area contributed by atoms with Crippen LogP contribution in [-0.2, 0) is 0 Å². The van der Waals surface area contributed by atoms with E-state index < -0.39 is 0 Å². The number of aromatic nitrogens is 1. The molecule has 11 rings (SSSR count). The number of benzene rings is 10. The number of hydrogen-bond donors (Lipinski definition) is 0. The Morgan fingerprint density at radius 2 is 0.706 bits per heavy atom. The molecule has 0 fully saturated rings. The van der Waals surface area contributed by atoms with Crippen molar-refractivity contribution < 1.29 is 0 Å². The fourth-order valence-electron chi connectivity index (χ4n) is 8.82. The van der Waals surface area contributed by atoms with Crippen molar-refractivity contribution in [1.29, 1.82) is 0 Å². The molecule has 0 saturated heterocycles. The first-order valence-corrected chi connectivity index (χ1v) is 17.7. The minimum absolute atomic E-state index is 1.19. The maximum Gasteiger partial charge on any atom is 0.0619 e. The first-order valence-electron chi connectivity index (χ1n) is 17.7. The van der Waals surface area contributed by atoms with Crippen molar-refractivity contribution in [1.82, 2.24) is 4.57 Å². The van der Waals surface area contributed by atoms with Crippen molar-refractivity contribution >= 4 is 75.7 Å². The summed E-state index contributed by atoms with van der Waals surface area (Å²) in [6.45, 7) is 0. The van der Waals surface area contributed by atoms with Gasteiger partial charge in [-0.05, 0) is 66.0 Å². The Morgan fingerprint density at radius 1 is 0.255 bits per heavy atom. The van der Waals surface area contributed by atoms with Gasteiger partial charge in [0.2, 0.25) is 0 Å². The molecule has 0 atom stereocenters. The van der Waals surface area contributed by atoms with Crippen molar-refractivity contribution in [2.24, 2.45) is 0 Å². The molecule has 0 aliphatic carbocycles. The molecule has 0 aliphatic rings. The summed E-state index contributed by atoms with van der Waals surface area (Å²) in [5.41, 5.74) is 8.74. The van der Waals surface area contributed by atoms with Crippen molar-refractivity contribution in [3.05, 3.63) is 188 Å². The topological polar surface area (TPSA) is 4.93 Å². The molecule has 0 amide bonds. The van der Waals surface area contributed by atoms with Gasteiger partial charge in [0.1, 0.15) is 0 Å². The van der Waals surface area contributed by atoms with Gasteiger partial charge in [-0.25, -0.2) is 0 Å². The zero-order valence-electron chi connectivity index (χ0n) is 27.8. The van der Waals surface area contributed by atoms with Crippen LogP contribution >= 0.6 is 0 Å². The summed E-state index contributed by atoms with van der Waals surface area (Å²) in [7, 11) is 0. The summed E-state index contributed by atoms with van der Waals surface area (Å²) >= 11 is 0. The highest BCUT2D eigenvalue weighted by atomic mass is 15.0. The molecule has 0 saturated carbocycles. The molecule has 1 aromatic heterocycles. The van der Waals surface area contributed by atoms with Gasteiger partial charge in [0, 0.05) is 26.9 Å². The van der Waals surface area contributed by atoms with Crippen molar-refractivity contribution in [3.63, 3.8) is 0 Å². The average molecular weight is 646 g/mol. The van der Waals surface area contributed by atoms with E-state index in [4.69, 9.17) is 0 Å². The van der Waals surface area contributed by atoms with Crippen LogP contribution in [0.25, 0.3) is 104 Å². The van der Waals surface area contributed by atoms with E-state index in [1.54, 1.807) is 0 Å². The molecular formula is C50H31N. The van der Waals surface area contributed by atoms with Crippen LogP contribution in [0.1, 0.15) is 0 Å². The molecule has 236 valence electrons. The molecule has 11 aromatic rings. The van der Waals surface area contributed by atoms with Gasteiger partial charge < -0.3 is 4.57 Å². The van der Waals surface area contributed by atoms with E-state index in [1.165, 1.54) is 104 Å². The minimum atomic E-state index is 1.19. The Labute approximate surface area is 295 Å². The predicted octanol–water partition coefficient (Wildman–Crippen LogP) is 13.9. The summed E-state index contributed by atoms with van der Waals surface area (Å²) in [5.74, 6) is 0. The van der Waals surface area contributed by atoms with Crippen LogP contribution < -0.4 is 0 Å². The van der Waals surface area contributed by atoms with Crippen LogP contribution in [-0.4, -0.2) is 4.57 Å². The molecule has 0 N–H and O–H groups in total. The summed E-state index contributed by atoms with van der Waals surface area (Å²) in [4.78, 5) is 0. The monoisotopic (exact) mass is 645 g/mol. The second-order valence-electron chi connectivity index (χ2n) is 13.6. The minimum Gasteiger partial charge on any atom is -0.307 e. The van der Waals surface area contributed by atoms with Gasteiger partial charge in [-0.2, -0.15) is 0 Å². The number of nitrogens with zero attached hydrogens (tertiary/aromatic N) is 1. The molecular weight excluding hydrogens is 615 g/mol. The molecule has 51 heavy (non-hydrogen) atoms. The molecule has 0 radical (unpaired) electrons. The molecule has 0 unspecified atom stereocenters. The smallest absolute Gasteiger partial charge is 0.0619 e. The lowest BCUT2D eigenvalue weighted by molar-refractivity contribution is 1.21. The fourth-order valence-corrected chi connectivity index (χ4v) is 8.82. The molecule has 0 aliphatic heterocycles. The third kappa shape index (κ3) is 4.03. The van der Waals surface area contributed by atoms with E-state index in [9.17, 15) is 0 Å². The van der Waals surface area contributed by atoms with Crippen LogP contribution in [0.4, 0.5) is 0 Å². The third-order valence-corrected chi connectivity index (χ3v) is 10.9. The Balaban J connectivity index is 1.29. The second-order valence-corrected chi connectivity index (χ2v) is 13.6. The van der Waals surface area contributed by atoms with Gasteiger partial charge >= 0.3 is 0 Å². The van der Waals surface area contributed by atoms with Crippen LogP contribution in [0.5, 0.6) is 0 Å². The van der Waals surface area contributed by atoms with E-state index in [-0.39, 0.29) is 0 Å². The van der Waals surface area contributed by atoms with Crippen LogP contribution in [0.15, 0.2) is 188 Å². The number of rotatable bonds is 3. The lowest BCUT2D eigenvalue weighted by atomic mass is 9.84. The average Bonchev–Trinajstić information content (AvgIpc) is 3.55. The first kappa shape index (κ1) is 28.2. The maximum atomic E-state index is 2.55. The first-order chi connectivity index (χ1) is 25.3. The quantitative estimate of drug-likeness (QED) is 0.169. The Bertz CT molecular complexity index is 3030. The highest BCUT2D eigenvalue weighted by Crippen LogP contribution is 2.47. The molecule has 0 bridgehead atoms. The van der Waals surface area contributed by atoms with Gasteiger partial charge in [-0.15, -0.1) is 0 Å². The second kappa shape index (κ2) is 10.9. The standard InChI is InChI=1S/C50H31N/c1-2-16-34(17-3-1)47-40-20-8-10-22-42(40)48(43-23-11-9-21-41(43)47)39-26-12-25-38-37(39)24-13-27-46(38)51-49-35-18-6-4-14-32(35)28-30-44(49)45-31-29-33-15-5-7-19-36(33)50(45)51/h1-31H. The zero-order valence-corrected chi connectivity index (χ0v) is 27.8. The van der Waals surface area contributed by atoms with Gasteiger partial charge in [0.15, 0.2) is 0 Å². The van der Waals surface area contributed by atoms with Crippen LogP contribution in [0, 0.1) is 0 Å². The Morgan fingerprint density at radius 3 is 1.29 bits per heavy atom. The van der Waals surface area contributed by atoms with E-state index >= 15 is 0 Å². The van der Waals surface area contributed by atoms with E-state index in [1.807, 2.05) is 0 Å². The van der Waals surface area contributed by atoms with E-state index in [0.29, 0.717) is 0 Å². The van der Waals surface area contributed by atoms with Crippen molar-refractivity contribution in [2.75, 3.05) is 0 Å².